The van der Waals surface area contributed by atoms with Crippen molar-refractivity contribution in [2.24, 2.45) is 0 Å². The first-order valence-corrected chi connectivity index (χ1v) is 5.88. The van der Waals surface area contributed by atoms with E-state index < -0.39 is 6.10 Å². The van der Waals surface area contributed by atoms with E-state index in [9.17, 15) is 9.90 Å². The van der Waals surface area contributed by atoms with Crippen molar-refractivity contribution in [3.05, 3.63) is 0 Å². The first kappa shape index (κ1) is 14.6. The van der Waals surface area contributed by atoms with Gasteiger partial charge in [0.05, 0.1) is 21.1 Å². The highest BCUT2D eigenvalue weighted by Gasteiger charge is 2.21. The molecule has 0 saturated heterocycles. The molecule has 0 bridgehead atoms. The first-order valence-electron chi connectivity index (χ1n) is 5.88. The number of ketones is 1. The number of hydrogen-bond acceptors (Lipinski definition) is 2. The molecule has 0 aromatic carbocycles. The second kappa shape index (κ2) is 6.96. The monoisotopic (exact) mass is 216 g/mol. The zero-order valence-electron chi connectivity index (χ0n) is 10.6. The highest BCUT2D eigenvalue weighted by atomic mass is 16.3. The van der Waals surface area contributed by atoms with Gasteiger partial charge in [-0.2, -0.15) is 0 Å². The molecule has 1 N–H and O–H groups in total. The minimum absolute atomic E-state index is 0.000784. The molecule has 0 aliphatic heterocycles. The van der Waals surface area contributed by atoms with Gasteiger partial charge < -0.3 is 9.59 Å². The van der Waals surface area contributed by atoms with Crippen LogP contribution in [0.15, 0.2) is 0 Å². The van der Waals surface area contributed by atoms with Crippen molar-refractivity contribution in [3.8, 4) is 0 Å². The van der Waals surface area contributed by atoms with E-state index in [-0.39, 0.29) is 5.78 Å². The van der Waals surface area contributed by atoms with Crippen LogP contribution in [-0.4, -0.2) is 49.2 Å². The van der Waals surface area contributed by atoms with Crippen molar-refractivity contribution < 1.29 is 14.4 Å². The molecule has 0 aliphatic carbocycles. The van der Waals surface area contributed by atoms with Crippen LogP contribution in [0.4, 0.5) is 0 Å². The quantitative estimate of drug-likeness (QED) is 0.494. The summed E-state index contributed by atoms with van der Waals surface area (Å²) in [6.07, 6.45) is 4.11. The predicted octanol–water partition coefficient (Wildman–Crippen LogP) is 1.59. The highest BCUT2D eigenvalue weighted by molar-refractivity contribution is 5.82. The van der Waals surface area contributed by atoms with Crippen LogP contribution in [0, 0.1) is 0 Å². The summed E-state index contributed by atoms with van der Waals surface area (Å²) in [5.74, 6) is -0.000784. The standard InChI is InChI=1S/C12H26NO2/c1-5-6-7-8-9-11(14)12(15)10-13(2,3)4/h12,15H,5-10H2,1-4H3/q+1. The van der Waals surface area contributed by atoms with Gasteiger partial charge in [0.15, 0.2) is 11.9 Å². The van der Waals surface area contributed by atoms with E-state index in [2.05, 4.69) is 6.92 Å². The van der Waals surface area contributed by atoms with Gasteiger partial charge in [0.1, 0.15) is 6.54 Å². The molecule has 0 heterocycles. The van der Waals surface area contributed by atoms with Crippen LogP contribution in [0.5, 0.6) is 0 Å². The van der Waals surface area contributed by atoms with Crippen molar-refractivity contribution >= 4 is 5.78 Å². The van der Waals surface area contributed by atoms with E-state index in [1.165, 1.54) is 12.8 Å². The fraction of sp³-hybridized carbons (Fsp3) is 0.917. The van der Waals surface area contributed by atoms with Gasteiger partial charge >= 0.3 is 0 Å². The van der Waals surface area contributed by atoms with Gasteiger partial charge in [0.25, 0.3) is 0 Å². The lowest BCUT2D eigenvalue weighted by molar-refractivity contribution is -0.872. The number of rotatable bonds is 8. The van der Waals surface area contributed by atoms with E-state index in [4.69, 9.17) is 0 Å². The van der Waals surface area contributed by atoms with Crippen LogP contribution >= 0.6 is 0 Å². The minimum Gasteiger partial charge on any atom is -0.380 e. The van der Waals surface area contributed by atoms with Crippen LogP contribution in [0.2, 0.25) is 0 Å². The molecule has 0 aromatic heterocycles. The molecule has 3 heteroatoms. The molecule has 0 radical (unpaired) electrons. The Morgan fingerprint density at radius 2 is 1.80 bits per heavy atom. The first-order chi connectivity index (χ1) is 6.87. The van der Waals surface area contributed by atoms with Crippen LogP contribution in [0.25, 0.3) is 0 Å². The zero-order chi connectivity index (χ0) is 11.9. The molecule has 0 amide bonds. The summed E-state index contributed by atoms with van der Waals surface area (Å²) in [5.41, 5.74) is 0. The van der Waals surface area contributed by atoms with E-state index in [0.29, 0.717) is 17.4 Å². The predicted molar refractivity (Wildman–Crippen MR) is 62.7 cm³/mol. The number of unbranched alkanes of at least 4 members (excludes halogenated alkanes) is 3. The molecule has 0 aliphatic rings. The topological polar surface area (TPSA) is 37.3 Å². The SMILES string of the molecule is CCCCCCC(=O)C(O)C[N+](C)(C)C. The maximum absolute atomic E-state index is 11.5. The Kier molecular flexibility index (Phi) is 6.77. The molecule has 0 aromatic rings. The molecule has 3 nitrogen and oxygen atoms in total. The van der Waals surface area contributed by atoms with Gasteiger partial charge in [0, 0.05) is 6.42 Å². The summed E-state index contributed by atoms with van der Waals surface area (Å²) >= 11 is 0. The van der Waals surface area contributed by atoms with Crippen LogP contribution < -0.4 is 0 Å². The van der Waals surface area contributed by atoms with Gasteiger partial charge in [-0.3, -0.25) is 4.79 Å². The molecule has 1 atom stereocenters. The van der Waals surface area contributed by atoms with Gasteiger partial charge in [-0.15, -0.1) is 0 Å². The minimum atomic E-state index is -0.786. The van der Waals surface area contributed by atoms with Crippen molar-refractivity contribution in [2.45, 2.75) is 45.1 Å². The molecule has 0 spiro atoms. The molecule has 0 fully saturated rings. The second-order valence-corrected chi connectivity index (χ2v) is 5.27. The third kappa shape index (κ3) is 8.58. The van der Waals surface area contributed by atoms with Gasteiger partial charge in [0.2, 0.25) is 0 Å². The van der Waals surface area contributed by atoms with E-state index in [0.717, 1.165) is 12.8 Å². The average molecular weight is 216 g/mol. The lowest BCUT2D eigenvalue weighted by Crippen LogP contribution is -2.44. The van der Waals surface area contributed by atoms with E-state index in [1.807, 2.05) is 21.1 Å². The van der Waals surface area contributed by atoms with Crippen LogP contribution in [0.1, 0.15) is 39.0 Å². The normalized spacial score (nSPS) is 13.9. The van der Waals surface area contributed by atoms with Gasteiger partial charge in [-0.05, 0) is 6.42 Å². The third-order valence-corrected chi connectivity index (χ3v) is 2.37. The molecular weight excluding hydrogens is 190 g/mol. The smallest absolute Gasteiger partial charge is 0.167 e. The number of carbonyl (C=O) groups is 1. The summed E-state index contributed by atoms with van der Waals surface area (Å²) in [5, 5.41) is 9.64. The molecule has 0 saturated carbocycles. The number of aliphatic hydroxyl groups excluding tert-OH is 1. The van der Waals surface area contributed by atoms with Crippen molar-refractivity contribution in [3.63, 3.8) is 0 Å². The Labute approximate surface area is 93.7 Å². The maximum atomic E-state index is 11.5. The second-order valence-electron chi connectivity index (χ2n) is 5.27. The lowest BCUT2D eigenvalue weighted by atomic mass is 10.1. The van der Waals surface area contributed by atoms with E-state index >= 15 is 0 Å². The summed E-state index contributed by atoms with van der Waals surface area (Å²) in [4.78, 5) is 11.5. The van der Waals surface area contributed by atoms with Gasteiger partial charge in [-0.25, -0.2) is 0 Å². The van der Waals surface area contributed by atoms with E-state index in [1.54, 1.807) is 0 Å². The maximum Gasteiger partial charge on any atom is 0.167 e. The Morgan fingerprint density at radius 3 is 2.27 bits per heavy atom. The van der Waals surface area contributed by atoms with Crippen molar-refractivity contribution in [1.29, 1.82) is 0 Å². The number of quaternary nitrogens is 1. The Balaban J connectivity index is 3.70. The molecule has 1 unspecified atom stereocenters. The summed E-state index contributed by atoms with van der Waals surface area (Å²) in [7, 11) is 5.94. The fourth-order valence-electron chi connectivity index (χ4n) is 1.51. The van der Waals surface area contributed by atoms with Crippen LogP contribution in [-0.2, 0) is 4.79 Å². The van der Waals surface area contributed by atoms with Crippen molar-refractivity contribution in [1.82, 2.24) is 0 Å². The lowest BCUT2D eigenvalue weighted by Gasteiger charge is -2.26. The number of carbonyl (C=O) groups excluding carboxylic acids is 1. The fourth-order valence-corrected chi connectivity index (χ4v) is 1.51. The number of aliphatic hydroxyl groups is 1. The summed E-state index contributed by atoms with van der Waals surface area (Å²) in [6, 6.07) is 0. The third-order valence-electron chi connectivity index (χ3n) is 2.37. The Morgan fingerprint density at radius 1 is 1.20 bits per heavy atom. The van der Waals surface area contributed by atoms with Crippen molar-refractivity contribution in [2.75, 3.05) is 27.7 Å². The van der Waals surface area contributed by atoms with Crippen LogP contribution in [0.3, 0.4) is 0 Å². The summed E-state index contributed by atoms with van der Waals surface area (Å²) in [6.45, 7) is 2.65. The Hall–Kier alpha value is -0.410. The van der Waals surface area contributed by atoms with Gasteiger partial charge in [-0.1, -0.05) is 26.2 Å². The largest absolute Gasteiger partial charge is 0.380 e. The molecule has 15 heavy (non-hydrogen) atoms. The number of nitrogens with zero attached hydrogens (tertiary/aromatic N) is 1. The summed E-state index contributed by atoms with van der Waals surface area (Å²) < 4.78 is 0.627. The molecule has 90 valence electrons. The number of likely N-dealkylation sites (N-methyl/N-ethyl adjacent to an activating group) is 1. The zero-order valence-corrected chi connectivity index (χ0v) is 10.6. The highest BCUT2D eigenvalue weighted by Crippen LogP contribution is 2.06. The average Bonchev–Trinajstić information content (AvgIpc) is 2.09. The number of hydrogen-bond donors (Lipinski definition) is 1. The number of Topliss-reactive ketones (excluding diaryl/α,β-unsaturated/α-hetero) is 1. The Bertz CT molecular complexity index is 185. The molecule has 0 rings (SSSR count). The molecular formula is C12H26NO2+.